The van der Waals surface area contributed by atoms with Crippen LogP contribution in [0.1, 0.15) is 58.5 Å². The average molecular weight is 426 g/mol. The van der Waals surface area contributed by atoms with E-state index in [4.69, 9.17) is 17.3 Å². The molecule has 150 valence electrons. The first-order chi connectivity index (χ1) is 14.1. The first kappa shape index (κ1) is 18.9. The summed E-state index contributed by atoms with van der Waals surface area (Å²) in [5, 5.41) is 1.51. The molecule has 4 nitrogen and oxygen atoms in total. The molecule has 1 fully saturated rings. The molecular formula is C23H24ClN3OS. The third-order valence-corrected chi connectivity index (χ3v) is 7.61. The van der Waals surface area contributed by atoms with Crippen LogP contribution in [0.3, 0.4) is 0 Å². The van der Waals surface area contributed by atoms with E-state index in [0.717, 1.165) is 54.6 Å². The Morgan fingerprint density at radius 3 is 2.41 bits per heavy atom. The fourth-order valence-electron chi connectivity index (χ4n) is 4.64. The number of hydrogen-bond acceptors (Lipinski definition) is 5. The highest BCUT2D eigenvalue weighted by Gasteiger charge is 2.25. The third kappa shape index (κ3) is 3.30. The van der Waals surface area contributed by atoms with Crippen LogP contribution < -0.4 is 10.6 Å². The second-order valence-electron chi connectivity index (χ2n) is 8.02. The number of thiophene rings is 1. The number of rotatable bonds is 3. The van der Waals surface area contributed by atoms with E-state index in [2.05, 4.69) is 22.0 Å². The van der Waals surface area contributed by atoms with Crippen LogP contribution >= 0.6 is 22.9 Å². The van der Waals surface area contributed by atoms with Gasteiger partial charge < -0.3 is 10.6 Å². The van der Waals surface area contributed by atoms with Gasteiger partial charge in [0.1, 0.15) is 14.9 Å². The quantitative estimate of drug-likeness (QED) is 0.436. The molecule has 3 aromatic rings. The van der Waals surface area contributed by atoms with Crippen LogP contribution in [-0.4, -0.2) is 23.9 Å². The van der Waals surface area contributed by atoms with E-state index in [-0.39, 0.29) is 5.78 Å². The second kappa shape index (κ2) is 7.62. The van der Waals surface area contributed by atoms with Gasteiger partial charge in [-0.1, -0.05) is 11.6 Å². The van der Waals surface area contributed by atoms with Crippen molar-refractivity contribution in [2.45, 2.75) is 44.9 Å². The molecule has 1 aliphatic carbocycles. The Balaban J connectivity index is 1.50. The van der Waals surface area contributed by atoms with E-state index >= 15 is 0 Å². The summed E-state index contributed by atoms with van der Waals surface area (Å²) in [7, 11) is 0. The molecule has 0 unspecified atom stereocenters. The van der Waals surface area contributed by atoms with Crippen molar-refractivity contribution in [2.75, 3.05) is 23.7 Å². The van der Waals surface area contributed by atoms with Crippen molar-refractivity contribution in [3.63, 3.8) is 0 Å². The van der Waals surface area contributed by atoms with Crippen LogP contribution in [0.4, 0.5) is 11.4 Å². The van der Waals surface area contributed by atoms with Crippen LogP contribution in [0.2, 0.25) is 5.15 Å². The molecule has 1 aromatic carbocycles. The second-order valence-corrected chi connectivity index (χ2v) is 9.37. The predicted molar refractivity (Wildman–Crippen MR) is 122 cm³/mol. The highest BCUT2D eigenvalue weighted by molar-refractivity contribution is 7.21. The molecular weight excluding hydrogens is 402 g/mol. The van der Waals surface area contributed by atoms with Crippen molar-refractivity contribution in [1.29, 1.82) is 0 Å². The molecule has 0 amide bonds. The number of nitrogens with zero attached hydrogens (tertiary/aromatic N) is 2. The minimum absolute atomic E-state index is 0.0311. The number of carbonyl (C=O) groups excluding carboxylic acids is 1. The van der Waals surface area contributed by atoms with E-state index in [1.54, 1.807) is 0 Å². The van der Waals surface area contributed by atoms with Gasteiger partial charge in [0.25, 0.3) is 0 Å². The lowest BCUT2D eigenvalue weighted by atomic mass is 9.90. The van der Waals surface area contributed by atoms with Crippen molar-refractivity contribution in [2.24, 2.45) is 0 Å². The van der Waals surface area contributed by atoms with Gasteiger partial charge in [0, 0.05) is 29.7 Å². The number of carbonyl (C=O) groups is 1. The average Bonchev–Trinajstić information content (AvgIpc) is 3.10. The van der Waals surface area contributed by atoms with Crippen LogP contribution in [0.15, 0.2) is 24.3 Å². The fourth-order valence-corrected chi connectivity index (χ4v) is 6.07. The van der Waals surface area contributed by atoms with Crippen LogP contribution in [-0.2, 0) is 12.8 Å². The van der Waals surface area contributed by atoms with Gasteiger partial charge in [-0.25, -0.2) is 4.98 Å². The standard InChI is InChI=1S/C23H24ClN3OS/c24-22-17-7-3-2-6-16(17)18-19(25)21(29-23(18)26-22)20(28)14-8-10-15(11-9-14)27-12-4-1-5-13-27/h8-11H,1-7,12-13,25H2. The molecule has 6 heteroatoms. The number of piperidine rings is 1. The maximum atomic E-state index is 13.2. The summed E-state index contributed by atoms with van der Waals surface area (Å²) in [5.74, 6) is -0.0311. The number of nitrogen functional groups attached to an aromatic ring is 1. The van der Waals surface area contributed by atoms with Gasteiger partial charge in [-0.15, -0.1) is 11.3 Å². The first-order valence-corrected chi connectivity index (χ1v) is 11.6. The topological polar surface area (TPSA) is 59.2 Å². The third-order valence-electron chi connectivity index (χ3n) is 6.20. The summed E-state index contributed by atoms with van der Waals surface area (Å²) in [6, 6.07) is 7.95. The minimum atomic E-state index is -0.0311. The summed E-state index contributed by atoms with van der Waals surface area (Å²) < 4.78 is 0. The number of pyridine rings is 1. The van der Waals surface area contributed by atoms with Gasteiger partial charge in [0.05, 0.1) is 5.69 Å². The maximum Gasteiger partial charge on any atom is 0.205 e. The molecule has 29 heavy (non-hydrogen) atoms. The van der Waals surface area contributed by atoms with Crippen molar-refractivity contribution < 1.29 is 4.79 Å². The number of anilines is 2. The SMILES string of the molecule is Nc1c(C(=O)c2ccc(N3CCCCC3)cc2)sc2nc(Cl)c3c(c12)CCCC3. The van der Waals surface area contributed by atoms with Gasteiger partial charge in [-0.3, -0.25) is 4.79 Å². The summed E-state index contributed by atoms with van der Waals surface area (Å²) in [4.78, 5) is 21.5. The van der Waals surface area contributed by atoms with Gasteiger partial charge in [0.2, 0.25) is 5.78 Å². The minimum Gasteiger partial charge on any atom is -0.397 e. The Bertz CT molecular complexity index is 1080. The van der Waals surface area contributed by atoms with Crippen molar-refractivity contribution >= 4 is 50.3 Å². The molecule has 2 N–H and O–H groups in total. The van der Waals surface area contributed by atoms with E-state index in [0.29, 0.717) is 21.3 Å². The zero-order valence-corrected chi connectivity index (χ0v) is 17.9. The van der Waals surface area contributed by atoms with Crippen molar-refractivity contribution in [3.8, 4) is 0 Å². The maximum absolute atomic E-state index is 13.2. The number of nitrogens with two attached hydrogens (primary N) is 1. The normalized spacial score (nSPS) is 16.8. The highest BCUT2D eigenvalue weighted by Crippen LogP contribution is 2.41. The predicted octanol–water partition coefficient (Wildman–Crippen LogP) is 5.63. The molecule has 2 aliphatic rings. The lowest BCUT2D eigenvalue weighted by molar-refractivity contribution is 0.104. The lowest BCUT2D eigenvalue weighted by Gasteiger charge is -2.28. The zero-order valence-electron chi connectivity index (χ0n) is 16.3. The number of benzene rings is 1. The van der Waals surface area contributed by atoms with Gasteiger partial charge in [0.15, 0.2) is 0 Å². The summed E-state index contributed by atoms with van der Waals surface area (Å²) in [6.45, 7) is 2.18. The van der Waals surface area contributed by atoms with E-state index in [1.165, 1.54) is 41.9 Å². The number of aromatic nitrogens is 1. The fraction of sp³-hybridized carbons (Fsp3) is 0.391. The Morgan fingerprint density at radius 1 is 1.00 bits per heavy atom. The summed E-state index contributed by atoms with van der Waals surface area (Å²) in [5.41, 5.74) is 11.2. The Kier molecular flexibility index (Phi) is 4.96. The summed E-state index contributed by atoms with van der Waals surface area (Å²) >= 11 is 7.80. The lowest BCUT2D eigenvalue weighted by Crippen LogP contribution is -2.29. The molecule has 0 atom stereocenters. The molecule has 1 saturated heterocycles. The molecule has 0 bridgehead atoms. The van der Waals surface area contributed by atoms with Crippen LogP contribution in [0.25, 0.3) is 10.2 Å². The Morgan fingerprint density at radius 2 is 1.69 bits per heavy atom. The Hall–Kier alpha value is -2.11. The van der Waals surface area contributed by atoms with E-state index in [9.17, 15) is 4.79 Å². The van der Waals surface area contributed by atoms with E-state index in [1.807, 2.05) is 12.1 Å². The summed E-state index contributed by atoms with van der Waals surface area (Å²) in [6.07, 6.45) is 7.91. The molecule has 5 rings (SSSR count). The number of aryl methyl sites for hydroxylation is 1. The number of ketones is 1. The molecule has 3 heterocycles. The van der Waals surface area contributed by atoms with E-state index < -0.39 is 0 Å². The van der Waals surface area contributed by atoms with Gasteiger partial charge in [-0.05, 0) is 80.3 Å². The number of fused-ring (bicyclic) bond motifs is 3. The largest absolute Gasteiger partial charge is 0.397 e. The Labute approximate surface area is 179 Å². The smallest absolute Gasteiger partial charge is 0.205 e. The van der Waals surface area contributed by atoms with Crippen LogP contribution in [0.5, 0.6) is 0 Å². The van der Waals surface area contributed by atoms with Crippen LogP contribution in [0, 0.1) is 0 Å². The molecule has 2 aromatic heterocycles. The zero-order chi connectivity index (χ0) is 20.0. The highest BCUT2D eigenvalue weighted by atomic mass is 35.5. The van der Waals surface area contributed by atoms with Crippen molar-refractivity contribution in [1.82, 2.24) is 4.98 Å². The molecule has 0 radical (unpaired) electrons. The number of halogens is 1. The van der Waals surface area contributed by atoms with Crippen molar-refractivity contribution in [3.05, 3.63) is 51.0 Å². The van der Waals surface area contributed by atoms with Gasteiger partial charge >= 0.3 is 0 Å². The first-order valence-electron chi connectivity index (χ1n) is 10.4. The van der Waals surface area contributed by atoms with Gasteiger partial charge in [-0.2, -0.15) is 0 Å². The molecule has 0 spiro atoms. The molecule has 0 saturated carbocycles. The number of hydrogen-bond donors (Lipinski definition) is 1. The monoisotopic (exact) mass is 425 g/mol. The molecule has 1 aliphatic heterocycles.